The summed E-state index contributed by atoms with van der Waals surface area (Å²) in [7, 11) is 3.16. The fourth-order valence-electron chi connectivity index (χ4n) is 3.64. The Morgan fingerprint density at radius 1 is 1.03 bits per heavy atom. The zero-order valence-corrected chi connectivity index (χ0v) is 23.5. The van der Waals surface area contributed by atoms with E-state index in [0.717, 1.165) is 27.4 Å². The van der Waals surface area contributed by atoms with Crippen molar-refractivity contribution in [1.82, 2.24) is 14.8 Å². The quantitative estimate of drug-likeness (QED) is 0.154. The molecule has 0 saturated heterocycles. The lowest BCUT2D eigenvalue weighted by molar-refractivity contribution is -0.131. The number of aliphatic carboxylic acids is 1. The van der Waals surface area contributed by atoms with Crippen LogP contribution in [0.2, 0.25) is 0 Å². The van der Waals surface area contributed by atoms with Crippen LogP contribution < -0.4 is 14.2 Å². The molecular formula is C28H26BrN3O5S. The number of carboxylic acids is 1. The molecule has 1 aromatic heterocycles. The third-order valence-electron chi connectivity index (χ3n) is 5.55. The maximum absolute atomic E-state index is 12.1. The number of thioether (sulfide) groups is 1. The van der Waals surface area contributed by atoms with Gasteiger partial charge in [-0.2, -0.15) is 0 Å². The van der Waals surface area contributed by atoms with E-state index < -0.39 is 5.97 Å². The zero-order chi connectivity index (χ0) is 27.1. The van der Waals surface area contributed by atoms with Gasteiger partial charge in [0.1, 0.15) is 28.8 Å². The summed E-state index contributed by atoms with van der Waals surface area (Å²) < 4.78 is 19.2. The number of rotatable bonds is 11. The van der Waals surface area contributed by atoms with Gasteiger partial charge in [-0.3, -0.25) is 0 Å². The minimum Gasteiger partial charge on any atom is -0.497 e. The molecule has 1 N–H and O–H groups in total. The normalized spacial score (nSPS) is 11.3. The van der Waals surface area contributed by atoms with E-state index in [2.05, 4.69) is 26.1 Å². The number of hydrogen-bond donors (Lipinski definition) is 1. The Morgan fingerprint density at radius 2 is 1.74 bits per heavy atom. The van der Waals surface area contributed by atoms with E-state index in [-0.39, 0.29) is 4.91 Å². The minimum absolute atomic E-state index is 0.103. The first-order valence-corrected chi connectivity index (χ1v) is 13.3. The summed E-state index contributed by atoms with van der Waals surface area (Å²) in [6, 6.07) is 20.7. The van der Waals surface area contributed by atoms with E-state index >= 15 is 0 Å². The lowest BCUT2D eigenvalue weighted by Crippen LogP contribution is -2.03. The molecular weight excluding hydrogens is 570 g/mol. The molecule has 10 heteroatoms. The molecule has 38 heavy (non-hydrogen) atoms. The molecule has 0 amide bonds. The van der Waals surface area contributed by atoms with Crippen LogP contribution in [0, 0.1) is 0 Å². The highest BCUT2D eigenvalue weighted by Crippen LogP contribution is 2.34. The van der Waals surface area contributed by atoms with Gasteiger partial charge in [-0.25, -0.2) is 4.79 Å². The van der Waals surface area contributed by atoms with Gasteiger partial charge >= 0.3 is 5.97 Å². The monoisotopic (exact) mass is 595 g/mol. The highest BCUT2D eigenvalue weighted by atomic mass is 79.9. The average molecular weight is 597 g/mol. The zero-order valence-electron chi connectivity index (χ0n) is 21.1. The predicted molar refractivity (Wildman–Crippen MR) is 151 cm³/mol. The molecule has 0 atom stereocenters. The van der Waals surface area contributed by atoms with E-state index in [1.54, 1.807) is 26.4 Å². The van der Waals surface area contributed by atoms with Crippen molar-refractivity contribution in [1.29, 1.82) is 0 Å². The number of methoxy groups -OCH3 is 2. The van der Waals surface area contributed by atoms with Crippen LogP contribution in [0.3, 0.4) is 0 Å². The Balaban J connectivity index is 1.58. The Morgan fingerprint density at radius 3 is 2.34 bits per heavy atom. The number of halogens is 1. The number of ether oxygens (including phenoxy) is 3. The third-order valence-corrected chi connectivity index (χ3v) is 7.16. The van der Waals surface area contributed by atoms with Crippen molar-refractivity contribution >= 4 is 39.7 Å². The molecule has 3 aromatic carbocycles. The van der Waals surface area contributed by atoms with Crippen LogP contribution in [-0.2, 0) is 17.9 Å². The molecule has 0 saturated carbocycles. The summed E-state index contributed by atoms with van der Waals surface area (Å²) in [5.41, 5.74) is 2.51. The van der Waals surface area contributed by atoms with Gasteiger partial charge in [0.2, 0.25) is 0 Å². The van der Waals surface area contributed by atoms with Crippen molar-refractivity contribution < 1.29 is 24.1 Å². The van der Waals surface area contributed by atoms with Crippen LogP contribution in [-0.4, -0.2) is 40.1 Å². The van der Waals surface area contributed by atoms with Crippen LogP contribution >= 0.6 is 27.7 Å². The van der Waals surface area contributed by atoms with Crippen LogP contribution in [0.1, 0.15) is 18.1 Å². The molecule has 4 aromatic rings. The van der Waals surface area contributed by atoms with Crippen molar-refractivity contribution in [2.45, 2.75) is 25.2 Å². The van der Waals surface area contributed by atoms with Gasteiger partial charge in [0.05, 0.1) is 18.7 Å². The Bertz CT molecular complexity index is 1430. The molecule has 196 valence electrons. The highest BCUT2D eigenvalue weighted by Gasteiger charge is 2.19. The topological polar surface area (TPSA) is 95.7 Å². The third kappa shape index (κ3) is 6.56. The smallest absolute Gasteiger partial charge is 0.342 e. The second-order valence-electron chi connectivity index (χ2n) is 8.03. The molecule has 0 radical (unpaired) electrons. The van der Waals surface area contributed by atoms with Crippen molar-refractivity contribution in [2.75, 3.05) is 14.2 Å². The number of aromatic nitrogens is 3. The highest BCUT2D eigenvalue weighted by molar-refractivity contribution is 9.10. The van der Waals surface area contributed by atoms with Gasteiger partial charge in [-0.15, -0.1) is 10.2 Å². The SMILES string of the molecule is CCn1c(S/C(=C\c2ccc(OCc3ccccc3)c(Br)c2)C(=O)O)nnc1-c1cc(OC)cc(OC)c1. The predicted octanol–water partition coefficient (Wildman–Crippen LogP) is 6.54. The molecule has 4 rings (SSSR count). The Labute approximate surface area is 233 Å². The molecule has 0 bridgehead atoms. The largest absolute Gasteiger partial charge is 0.497 e. The van der Waals surface area contributed by atoms with Gasteiger partial charge in [0.15, 0.2) is 11.0 Å². The van der Waals surface area contributed by atoms with Crippen molar-refractivity contribution in [3.63, 3.8) is 0 Å². The molecule has 0 aliphatic carbocycles. The van der Waals surface area contributed by atoms with Gasteiger partial charge in [-0.05, 0) is 76.1 Å². The summed E-state index contributed by atoms with van der Waals surface area (Å²) >= 11 is 4.57. The van der Waals surface area contributed by atoms with Crippen molar-refractivity contribution in [3.8, 4) is 28.6 Å². The molecule has 0 fully saturated rings. The van der Waals surface area contributed by atoms with Gasteiger partial charge in [-0.1, -0.05) is 36.4 Å². The van der Waals surface area contributed by atoms with Crippen molar-refractivity contribution in [2.24, 2.45) is 0 Å². The summed E-state index contributed by atoms with van der Waals surface area (Å²) in [5, 5.41) is 19.0. The molecule has 0 spiro atoms. The number of nitrogens with zero attached hydrogens (tertiary/aromatic N) is 3. The minimum atomic E-state index is -1.06. The average Bonchev–Trinajstić information content (AvgIpc) is 3.35. The van der Waals surface area contributed by atoms with E-state index in [0.29, 0.717) is 46.9 Å². The van der Waals surface area contributed by atoms with E-state index in [1.807, 2.05) is 72.2 Å². The number of benzene rings is 3. The molecule has 0 aliphatic rings. The molecule has 0 unspecified atom stereocenters. The van der Waals surface area contributed by atoms with E-state index in [1.165, 1.54) is 0 Å². The second-order valence-corrected chi connectivity index (χ2v) is 9.90. The molecule has 0 aliphatic heterocycles. The van der Waals surface area contributed by atoms with Crippen LogP contribution in [0.25, 0.3) is 17.5 Å². The second kappa shape index (κ2) is 12.7. The maximum Gasteiger partial charge on any atom is 0.342 e. The number of carboxylic acid groups (broad SMARTS) is 1. The lowest BCUT2D eigenvalue weighted by atomic mass is 10.2. The summed E-state index contributed by atoms with van der Waals surface area (Å²) in [6.45, 7) is 2.92. The van der Waals surface area contributed by atoms with E-state index in [9.17, 15) is 9.90 Å². The maximum atomic E-state index is 12.1. The fourth-order valence-corrected chi connectivity index (χ4v) is 5.04. The first-order valence-electron chi connectivity index (χ1n) is 11.7. The van der Waals surface area contributed by atoms with Gasteiger partial charge in [0.25, 0.3) is 0 Å². The van der Waals surface area contributed by atoms with Crippen molar-refractivity contribution in [3.05, 3.63) is 87.2 Å². The summed E-state index contributed by atoms with van der Waals surface area (Å²) in [6.07, 6.45) is 1.60. The Hall–Kier alpha value is -3.76. The number of carbonyl (C=O) groups is 1. The molecule has 8 nitrogen and oxygen atoms in total. The summed E-state index contributed by atoms with van der Waals surface area (Å²) in [4.78, 5) is 12.3. The van der Waals surface area contributed by atoms with Crippen LogP contribution in [0.5, 0.6) is 17.2 Å². The molecule has 1 heterocycles. The van der Waals surface area contributed by atoms with E-state index in [4.69, 9.17) is 14.2 Å². The Kier molecular flexibility index (Phi) is 9.09. The van der Waals surface area contributed by atoms with Crippen LogP contribution in [0.15, 0.2) is 81.3 Å². The van der Waals surface area contributed by atoms with Gasteiger partial charge in [0, 0.05) is 18.2 Å². The first-order chi connectivity index (χ1) is 18.4. The standard InChI is InChI=1S/C28H26BrN3O5S/c1-4-32-26(20-14-21(35-2)16-22(15-20)36-3)30-31-28(32)38-25(27(33)34)13-19-10-11-24(23(29)12-19)37-17-18-8-6-5-7-9-18/h5-16H,4,17H2,1-3H3,(H,33,34)/b25-13-. The summed E-state index contributed by atoms with van der Waals surface area (Å²) in [5.74, 6) is 1.42. The van der Waals surface area contributed by atoms with Gasteiger partial charge < -0.3 is 23.9 Å². The first kappa shape index (κ1) is 27.3. The number of hydrogen-bond acceptors (Lipinski definition) is 7. The fraction of sp³-hybridized carbons (Fsp3) is 0.179. The van der Waals surface area contributed by atoms with Crippen LogP contribution in [0.4, 0.5) is 0 Å². The lowest BCUT2D eigenvalue weighted by Gasteiger charge is -2.11.